The number of anilines is 1. The number of pyridine rings is 1. The summed E-state index contributed by atoms with van der Waals surface area (Å²) in [5.41, 5.74) is 5.64. The predicted molar refractivity (Wildman–Crippen MR) is 54.7 cm³/mol. The van der Waals surface area contributed by atoms with Gasteiger partial charge in [-0.3, -0.25) is 0 Å². The molecule has 15 heavy (non-hydrogen) atoms. The third-order valence-electron chi connectivity index (χ3n) is 1.14. The van der Waals surface area contributed by atoms with Crippen LogP contribution in [-0.2, 0) is 0 Å². The highest BCUT2D eigenvalue weighted by Crippen LogP contribution is 2.17. The van der Waals surface area contributed by atoms with Gasteiger partial charge in [-0.2, -0.15) is 13.2 Å². The van der Waals surface area contributed by atoms with E-state index < -0.39 is 12.8 Å². The highest BCUT2D eigenvalue weighted by atomic mass is 35.5. The number of nitrogen functional groups attached to an aromatic ring is 1. The molecule has 8 heteroatoms. The monoisotopic (exact) mass is 264 g/mol. The number of halogens is 5. The van der Waals surface area contributed by atoms with E-state index in [2.05, 4.69) is 9.72 Å². The lowest BCUT2D eigenvalue weighted by Crippen LogP contribution is -2.19. The van der Waals surface area contributed by atoms with Crippen molar-refractivity contribution in [3.8, 4) is 5.88 Å². The second-order valence-electron chi connectivity index (χ2n) is 2.33. The first-order chi connectivity index (χ1) is 5.97. The summed E-state index contributed by atoms with van der Waals surface area (Å²) in [5, 5.41) is 0. The fourth-order valence-corrected chi connectivity index (χ4v) is 0.633. The van der Waals surface area contributed by atoms with E-state index in [0.717, 1.165) is 0 Å². The molecule has 0 radical (unpaired) electrons. The zero-order valence-electron chi connectivity index (χ0n) is 7.32. The van der Waals surface area contributed by atoms with Gasteiger partial charge in [0.25, 0.3) is 0 Å². The lowest BCUT2D eigenvalue weighted by atomic mass is 10.4. The van der Waals surface area contributed by atoms with Gasteiger partial charge in [0.15, 0.2) is 6.61 Å². The molecule has 2 N–H and O–H groups in total. The summed E-state index contributed by atoms with van der Waals surface area (Å²) in [6.07, 6.45) is -3.12. The van der Waals surface area contributed by atoms with Crippen LogP contribution in [0.15, 0.2) is 18.3 Å². The van der Waals surface area contributed by atoms with Crippen molar-refractivity contribution in [2.45, 2.75) is 6.18 Å². The molecule has 0 bridgehead atoms. The molecule has 1 aromatic heterocycles. The summed E-state index contributed by atoms with van der Waals surface area (Å²) < 4.78 is 39.3. The highest BCUT2D eigenvalue weighted by Gasteiger charge is 2.28. The van der Waals surface area contributed by atoms with Crippen LogP contribution in [0.5, 0.6) is 5.88 Å². The molecule has 1 aromatic rings. The van der Waals surface area contributed by atoms with Gasteiger partial charge < -0.3 is 10.5 Å². The Bertz CT molecular complexity index is 279. The molecule has 0 aliphatic rings. The third-order valence-corrected chi connectivity index (χ3v) is 1.14. The molecule has 0 aliphatic heterocycles. The van der Waals surface area contributed by atoms with Crippen molar-refractivity contribution < 1.29 is 17.9 Å². The highest BCUT2D eigenvalue weighted by molar-refractivity contribution is 5.85. The number of aromatic nitrogens is 1. The first kappa shape index (κ1) is 16.5. The zero-order chi connectivity index (χ0) is 9.90. The number of alkyl halides is 3. The van der Waals surface area contributed by atoms with E-state index in [1.54, 1.807) is 0 Å². The fraction of sp³-hybridized carbons (Fsp3) is 0.286. The maximum atomic E-state index is 11.6. The van der Waals surface area contributed by atoms with Gasteiger partial charge in [0, 0.05) is 6.07 Å². The molecule has 88 valence electrons. The molecule has 0 unspecified atom stereocenters. The van der Waals surface area contributed by atoms with E-state index in [1.807, 2.05) is 0 Å². The van der Waals surface area contributed by atoms with Crippen LogP contribution in [-0.4, -0.2) is 17.8 Å². The Hall–Kier alpha value is -0.880. The number of nitrogens with zero attached hydrogens (tertiary/aromatic N) is 1. The second-order valence-corrected chi connectivity index (χ2v) is 2.33. The maximum absolute atomic E-state index is 11.6. The Kier molecular flexibility index (Phi) is 7.25. The summed E-state index contributed by atoms with van der Waals surface area (Å²) >= 11 is 0. The van der Waals surface area contributed by atoms with Crippen LogP contribution in [0.4, 0.5) is 18.9 Å². The predicted octanol–water partition coefficient (Wildman–Crippen LogP) is 2.45. The minimum absolute atomic E-state index is 0. The molecule has 0 saturated heterocycles. The van der Waals surface area contributed by atoms with E-state index in [-0.39, 0.29) is 30.7 Å². The van der Waals surface area contributed by atoms with Crippen molar-refractivity contribution in [3.63, 3.8) is 0 Å². The molecule has 0 aromatic carbocycles. The van der Waals surface area contributed by atoms with Crippen LogP contribution in [0.1, 0.15) is 0 Å². The Labute approximate surface area is 96.6 Å². The van der Waals surface area contributed by atoms with Crippen molar-refractivity contribution in [1.82, 2.24) is 4.98 Å². The van der Waals surface area contributed by atoms with E-state index in [4.69, 9.17) is 5.73 Å². The molecule has 0 amide bonds. The van der Waals surface area contributed by atoms with Gasteiger partial charge in [-0.1, -0.05) is 0 Å². The van der Waals surface area contributed by atoms with Crippen LogP contribution in [0.2, 0.25) is 0 Å². The van der Waals surface area contributed by atoms with Gasteiger partial charge in [-0.25, -0.2) is 4.98 Å². The Morgan fingerprint density at radius 1 is 1.27 bits per heavy atom. The van der Waals surface area contributed by atoms with E-state index in [0.29, 0.717) is 5.69 Å². The Morgan fingerprint density at radius 2 is 1.87 bits per heavy atom. The molecule has 3 nitrogen and oxygen atoms in total. The topological polar surface area (TPSA) is 48.1 Å². The van der Waals surface area contributed by atoms with E-state index >= 15 is 0 Å². The molecular weight excluding hydrogens is 256 g/mol. The van der Waals surface area contributed by atoms with Crippen molar-refractivity contribution >= 4 is 30.5 Å². The summed E-state index contributed by atoms with van der Waals surface area (Å²) in [7, 11) is 0. The molecule has 0 spiro atoms. The summed E-state index contributed by atoms with van der Waals surface area (Å²) in [6, 6.07) is 2.69. The summed E-state index contributed by atoms with van der Waals surface area (Å²) in [6.45, 7) is -1.34. The number of hydrogen-bond donors (Lipinski definition) is 1. The van der Waals surface area contributed by atoms with Crippen LogP contribution in [0, 0.1) is 0 Å². The van der Waals surface area contributed by atoms with Gasteiger partial charge in [0.2, 0.25) is 5.88 Å². The van der Waals surface area contributed by atoms with Crippen LogP contribution in [0.25, 0.3) is 0 Å². The van der Waals surface area contributed by atoms with E-state index in [9.17, 15) is 13.2 Å². The van der Waals surface area contributed by atoms with Gasteiger partial charge in [0.1, 0.15) is 0 Å². The lowest BCUT2D eigenvalue weighted by molar-refractivity contribution is -0.154. The standard InChI is InChI=1S/C7H7F3N2O.2ClH/c8-7(9,10)4-13-6-2-1-5(11)3-12-6;;/h1-3H,4,11H2;2*1H. The van der Waals surface area contributed by atoms with Crippen molar-refractivity contribution in [1.29, 1.82) is 0 Å². The number of nitrogens with two attached hydrogens (primary N) is 1. The molecule has 0 fully saturated rings. The molecule has 0 aliphatic carbocycles. The van der Waals surface area contributed by atoms with Crippen molar-refractivity contribution in [3.05, 3.63) is 18.3 Å². The Balaban J connectivity index is 0. The SMILES string of the molecule is Cl.Cl.Nc1ccc(OCC(F)(F)F)nc1. The first-order valence-electron chi connectivity index (χ1n) is 3.38. The molecule has 1 heterocycles. The van der Waals surface area contributed by atoms with E-state index in [1.165, 1.54) is 18.3 Å². The van der Waals surface area contributed by atoms with Gasteiger partial charge in [-0.15, -0.1) is 24.8 Å². The fourth-order valence-electron chi connectivity index (χ4n) is 0.633. The second kappa shape index (κ2) is 6.58. The quantitative estimate of drug-likeness (QED) is 0.893. The Morgan fingerprint density at radius 3 is 2.27 bits per heavy atom. The number of rotatable bonds is 2. The third kappa shape index (κ3) is 7.10. The summed E-state index contributed by atoms with van der Waals surface area (Å²) in [4.78, 5) is 3.53. The largest absolute Gasteiger partial charge is 0.468 e. The lowest BCUT2D eigenvalue weighted by Gasteiger charge is -2.07. The summed E-state index contributed by atoms with van der Waals surface area (Å²) in [5.74, 6) is -0.0912. The van der Waals surface area contributed by atoms with Crippen LogP contribution >= 0.6 is 24.8 Å². The number of ether oxygens (including phenoxy) is 1. The first-order valence-corrected chi connectivity index (χ1v) is 3.38. The average Bonchev–Trinajstić information content (AvgIpc) is 2.02. The van der Waals surface area contributed by atoms with Gasteiger partial charge in [-0.05, 0) is 6.07 Å². The minimum atomic E-state index is -4.34. The molecule has 1 rings (SSSR count). The van der Waals surface area contributed by atoms with Crippen LogP contribution < -0.4 is 10.5 Å². The zero-order valence-corrected chi connectivity index (χ0v) is 8.96. The van der Waals surface area contributed by atoms with Gasteiger partial charge in [0.05, 0.1) is 11.9 Å². The van der Waals surface area contributed by atoms with Crippen molar-refractivity contribution in [2.75, 3.05) is 12.3 Å². The maximum Gasteiger partial charge on any atom is 0.422 e. The minimum Gasteiger partial charge on any atom is -0.468 e. The number of hydrogen-bond acceptors (Lipinski definition) is 3. The molecule has 0 saturated carbocycles. The smallest absolute Gasteiger partial charge is 0.422 e. The van der Waals surface area contributed by atoms with Crippen LogP contribution in [0.3, 0.4) is 0 Å². The average molecular weight is 265 g/mol. The molecule has 0 atom stereocenters. The normalized spacial score (nSPS) is 9.80. The van der Waals surface area contributed by atoms with Crippen molar-refractivity contribution in [2.24, 2.45) is 0 Å². The van der Waals surface area contributed by atoms with Gasteiger partial charge >= 0.3 is 6.18 Å². The molecular formula is C7H9Cl2F3N2O.